The van der Waals surface area contributed by atoms with Crippen molar-refractivity contribution in [2.45, 2.75) is 11.7 Å². The molecule has 4 N–H and O–H groups in total. The van der Waals surface area contributed by atoms with Crippen LogP contribution in [-0.2, 0) is 11.3 Å². The first-order valence-corrected chi connectivity index (χ1v) is 10.4. The molecular weight excluding hydrogens is 516 g/mol. The lowest BCUT2D eigenvalue weighted by atomic mass is 10.2. The Bertz CT molecular complexity index is 954. The number of thioether (sulfide) groups is 1. The lowest BCUT2D eigenvalue weighted by Crippen LogP contribution is -2.24. The molecule has 0 bridgehead atoms. The Kier molecular flexibility index (Phi) is 7.12. The average molecular weight is 530 g/mol. The van der Waals surface area contributed by atoms with Gasteiger partial charge in [0.15, 0.2) is 0 Å². The summed E-state index contributed by atoms with van der Waals surface area (Å²) in [5.41, 5.74) is 3.48. The van der Waals surface area contributed by atoms with Crippen molar-refractivity contribution in [2.24, 2.45) is 5.10 Å². The normalized spacial score (nSPS) is 11.1. The van der Waals surface area contributed by atoms with Gasteiger partial charge in [-0.2, -0.15) is 10.1 Å². The minimum absolute atomic E-state index is 0.121. The Morgan fingerprint density at radius 2 is 2.18 bits per heavy atom. The van der Waals surface area contributed by atoms with Gasteiger partial charge in [0.25, 0.3) is 0 Å². The van der Waals surface area contributed by atoms with Gasteiger partial charge in [0.1, 0.15) is 11.5 Å². The van der Waals surface area contributed by atoms with Gasteiger partial charge in [0.2, 0.25) is 17.0 Å². The summed E-state index contributed by atoms with van der Waals surface area (Å²) in [6.07, 6.45) is 3.12. The van der Waals surface area contributed by atoms with E-state index in [0.717, 1.165) is 5.56 Å². The van der Waals surface area contributed by atoms with E-state index in [1.165, 1.54) is 11.8 Å². The van der Waals surface area contributed by atoms with Crippen LogP contribution in [0.5, 0.6) is 5.75 Å². The molecule has 1 amide bonds. The van der Waals surface area contributed by atoms with Crippen molar-refractivity contribution in [3.8, 4) is 5.75 Å². The Labute approximate surface area is 180 Å². The van der Waals surface area contributed by atoms with Crippen LogP contribution in [0.15, 0.2) is 54.1 Å². The van der Waals surface area contributed by atoms with Gasteiger partial charge in [-0.15, -0.1) is 5.10 Å². The first kappa shape index (κ1) is 20.4. The van der Waals surface area contributed by atoms with Gasteiger partial charge >= 0.3 is 0 Å². The zero-order valence-corrected chi connectivity index (χ0v) is 18.1. The van der Waals surface area contributed by atoms with Crippen LogP contribution in [0, 0.1) is 0 Å². The molecule has 0 saturated heterocycles. The molecule has 0 aliphatic heterocycles. The predicted octanol–water partition coefficient (Wildman–Crippen LogP) is 3.48. The molecule has 0 atom stereocenters. The van der Waals surface area contributed by atoms with Gasteiger partial charge in [-0.1, -0.05) is 11.8 Å². The van der Waals surface area contributed by atoms with Crippen molar-refractivity contribution in [3.05, 3.63) is 50.8 Å². The minimum atomic E-state index is -0.151. The lowest BCUT2D eigenvalue weighted by Gasteiger charge is -2.01. The number of phenolic OH excluding ortho intramolecular Hbond substituents is 1. The zero-order chi connectivity index (χ0) is 19.9. The van der Waals surface area contributed by atoms with Gasteiger partial charge in [-0.25, -0.2) is 10.5 Å². The molecular formula is C16H14Br2N6O3S. The third-order valence-corrected chi connectivity index (χ3v) is 5.32. The topological polar surface area (TPSA) is 128 Å². The van der Waals surface area contributed by atoms with E-state index in [0.29, 0.717) is 32.4 Å². The van der Waals surface area contributed by atoms with Gasteiger partial charge in [-0.3, -0.25) is 4.79 Å². The number of halogens is 2. The van der Waals surface area contributed by atoms with Gasteiger partial charge in [0, 0.05) is 0 Å². The number of H-pyrrole nitrogens is 1. The first-order chi connectivity index (χ1) is 13.5. The monoisotopic (exact) mass is 528 g/mol. The average Bonchev–Trinajstić information content (AvgIpc) is 3.34. The molecule has 3 rings (SSSR count). The van der Waals surface area contributed by atoms with Crippen molar-refractivity contribution < 1.29 is 14.3 Å². The molecule has 9 nitrogen and oxygen atoms in total. The van der Waals surface area contributed by atoms with Crippen LogP contribution < -0.4 is 10.7 Å². The van der Waals surface area contributed by atoms with E-state index < -0.39 is 0 Å². The zero-order valence-electron chi connectivity index (χ0n) is 14.1. The van der Waals surface area contributed by atoms with E-state index in [1.807, 2.05) is 0 Å². The van der Waals surface area contributed by atoms with Crippen molar-refractivity contribution in [1.29, 1.82) is 0 Å². The summed E-state index contributed by atoms with van der Waals surface area (Å²) in [6, 6.07) is 6.99. The summed E-state index contributed by atoms with van der Waals surface area (Å²) >= 11 is 7.71. The summed E-state index contributed by atoms with van der Waals surface area (Å²) in [6.45, 7) is 0.339. The highest BCUT2D eigenvalue weighted by Crippen LogP contribution is 2.32. The quantitative estimate of drug-likeness (QED) is 0.200. The number of nitrogens with one attached hydrogen (secondary N) is 3. The molecule has 0 radical (unpaired) electrons. The van der Waals surface area contributed by atoms with Crippen LogP contribution in [0.25, 0.3) is 0 Å². The maximum atomic E-state index is 11.8. The maximum absolute atomic E-state index is 11.8. The Morgan fingerprint density at radius 3 is 2.89 bits per heavy atom. The van der Waals surface area contributed by atoms with E-state index in [4.69, 9.17) is 4.42 Å². The second-order valence-electron chi connectivity index (χ2n) is 5.31. The molecule has 12 heteroatoms. The third-order valence-electron chi connectivity index (χ3n) is 3.26. The van der Waals surface area contributed by atoms with Gasteiger partial charge in [0.05, 0.1) is 33.7 Å². The Balaban J connectivity index is 1.45. The maximum Gasteiger partial charge on any atom is 0.240 e. The molecule has 28 heavy (non-hydrogen) atoms. The number of rotatable bonds is 8. The van der Waals surface area contributed by atoms with Crippen molar-refractivity contribution in [1.82, 2.24) is 20.5 Å². The number of aromatic nitrogens is 3. The second-order valence-corrected chi connectivity index (χ2v) is 7.97. The summed E-state index contributed by atoms with van der Waals surface area (Å²) in [5.74, 6) is 1.17. The van der Waals surface area contributed by atoms with Crippen molar-refractivity contribution in [2.75, 3.05) is 11.2 Å². The highest BCUT2D eigenvalue weighted by atomic mass is 79.9. The van der Waals surface area contributed by atoms with Crippen molar-refractivity contribution in [3.63, 3.8) is 0 Å². The number of hydrazone groups is 1. The molecule has 0 aliphatic carbocycles. The van der Waals surface area contributed by atoms with Crippen LogP contribution in [0.4, 0.5) is 5.95 Å². The number of aromatic hydroxyl groups is 1. The number of carbonyl (C=O) groups excluding carboxylic acids is 1. The summed E-state index contributed by atoms with van der Waals surface area (Å²) in [7, 11) is 0. The highest BCUT2D eigenvalue weighted by Gasteiger charge is 2.08. The van der Waals surface area contributed by atoms with Gasteiger partial charge < -0.3 is 14.8 Å². The number of hydrogen-bond acceptors (Lipinski definition) is 8. The lowest BCUT2D eigenvalue weighted by molar-refractivity contribution is -0.118. The smallest absolute Gasteiger partial charge is 0.240 e. The standard InChI is InChI=1S/C16H14Br2N6O3S/c17-11-4-9(5-12(18)14(11)26)6-20-22-15-21-16(24-23-15)28-8-13(25)19-7-10-2-1-3-27-10/h1-6,26H,7-8H2,(H,19,25)(H2,21,22,23,24)/b20-6-. The summed E-state index contributed by atoms with van der Waals surface area (Å²) < 4.78 is 6.24. The van der Waals surface area contributed by atoms with Gasteiger partial charge in [-0.05, 0) is 61.7 Å². The number of phenols is 1. The van der Waals surface area contributed by atoms with E-state index in [1.54, 1.807) is 36.7 Å². The molecule has 2 heterocycles. The van der Waals surface area contributed by atoms with Crippen LogP contribution in [0.1, 0.15) is 11.3 Å². The number of aromatic amines is 1. The predicted molar refractivity (Wildman–Crippen MR) is 112 cm³/mol. The van der Waals surface area contributed by atoms with Crippen LogP contribution in [-0.4, -0.2) is 38.2 Å². The number of nitrogens with zero attached hydrogens (tertiary/aromatic N) is 3. The summed E-state index contributed by atoms with van der Waals surface area (Å²) in [4.78, 5) is 16.0. The first-order valence-electron chi connectivity index (χ1n) is 7.82. The molecule has 2 aromatic heterocycles. The SMILES string of the molecule is O=C(CSc1n[nH]c(N/N=C\c2cc(Br)c(O)c(Br)c2)n1)NCc1ccco1. The van der Waals surface area contributed by atoms with Crippen LogP contribution >= 0.6 is 43.6 Å². The minimum Gasteiger partial charge on any atom is -0.506 e. The largest absolute Gasteiger partial charge is 0.506 e. The number of amides is 1. The molecule has 1 aromatic carbocycles. The van der Waals surface area contributed by atoms with E-state index >= 15 is 0 Å². The number of anilines is 1. The fraction of sp³-hybridized carbons (Fsp3) is 0.125. The number of carbonyl (C=O) groups is 1. The molecule has 0 fully saturated rings. The Morgan fingerprint density at radius 1 is 1.39 bits per heavy atom. The second kappa shape index (κ2) is 9.75. The fourth-order valence-corrected chi connectivity index (χ4v) is 3.82. The molecule has 0 unspecified atom stereocenters. The van der Waals surface area contributed by atoms with Crippen LogP contribution in [0.3, 0.4) is 0 Å². The number of benzene rings is 1. The molecule has 3 aromatic rings. The molecule has 0 aliphatic rings. The Hall–Kier alpha value is -2.31. The van der Waals surface area contributed by atoms with E-state index in [9.17, 15) is 9.90 Å². The third kappa shape index (κ3) is 5.84. The van der Waals surface area contributed by atoms with E-state index in [2.05, 4.69) is 62.9 Å². The molecule has 0 saturated carbocycles. The van der Waals surface area contributed by atoms with E-state index in [-0.39, 0.29) is 17.4 Å². The molecule has 146 valence electrons. The number of furan rings is 1. The van der Waals surface area contributed by atoms with Crippen LogP contribution in [0.2, 0.25) is 0 Å². The molecule has 0 spiro atoms. The fourth-order valence-electron chi connectivity index (χ4n) is 1.97. The highest BCUT2D eigenvalue weighted by molar-refractivity contribution is 9.11. The summed E-state index contributed by atoms with van der Waals surface area (Å²) in [5, 5.41) is 23.6. The number of hydrogen-bond donors (Lipinski definition) is 4. The van der Waals surface area contributed by atoms with Crippen molar-refractivity contribution >= 4 is 61.7 Å².